The Bertz CT molecular complexity index is 711. The molecule has 3 rings (SSSR count). The summed E-state index contributed by atoms with van der Waals surface area (Å²) in [7, 11) is 0. The quantitative estimate of drug-likeness (QED) is 0.872. The van der Waals surface area contributed by atoms with Gasteiger partial charge in [-0.05, 0) is 26.8 Å². The topological polar surface area (TPSA) is 74.2 Å². The van der Waals surface area contributed by atoms with Crippen LogP contribution in [0, 0.1) is 13.8 Å². The highest BCUT2D eigenvalue weighted by atomic mass is 32.1. The molecule has 1 atom stereocenters. The highest BCUT2D eigenvalue weighted by Gasteiger charge is 2.22. The van der Waals surface area contributed by atoms with Gasteiger partial charge in [-0.25, -0.2) is 15.0 Å². The molecule has 1 fully saturated rings. The molecule has 0 aromatic carbocycles. The maximum absolute atomic E-state index is 12.3. The van der Waals surface area contributed by atoms with Gasteiger partial charge in [-0.3, -0.25) is 9.69 Å². The Kier molecular flexibility index (Phi) is 5.60. The minimum atomic E-state index is -0.0588. The molecular formula is C17H24N6OS. The highest BCUT2D eigenvalue weighted by Crippen LogP contribution is 2.22. The van der Waals surface area contributed by atoms with Crippen LogP contribution in [0.4, 0.5) is 5.95 Å². The van der Waals surface area contributed by atoms with Crippen LogP contribution < -0.4 is 10.2 Å². The van der Waals surface area contributed by atoms with Gasteiger partial charge in [0.2, 0.25) is 11.9 Å². The number of nitrogens with one attached hydrogen (secondary N) is 1. The fraction of sp³-hybridized carbons (Fsp3) is 0.529. The second-order valence-electron chi connectivity index (χ2n) is 6.28. The zero-order valence-corrected chi connectivity index (χ0v) is 15.7. The van der Waals surface area contributed by atoms with Gasteiger partial charge in [0.25, 0.3) is 0 Å². The third-order valence-corrected chi connectivity index (χ3v) is 5.20. The SMILES string of the molecule is Cc1nc(C(C)NC(=O)CN2CCN(c3ncccn3)CC2)c(C)s1. The van der Waals surface area contributed by atoms with Crippen molar-refractivity contribution in [3.8, 4) is 0 Å². The molecule has 0 aliphatic carbocycles. The lowest BCUT2D eigenvalue weighted by molar-refractivity contribution is -0.123. The lowest BCUT2D eigenvalue weighted by Gasteiger charge is -2.34. The number of hydrogen-bond acceptors (Lipinski definition) is 7. The largest absolute Gasteiger partial charge is 0.347 e. The van der Waals surface area contributed by atoms with E-state index < -0.39 is 0 Å². The van der Waals surface area contributed by atoms with Crippen molar-refractivity contribution in [2.75, 3.05) is 37.6 Å². The molecule has 3 heterocycles. The first-order valence-electron chi connectivity index (χ1n) is 8.50. The normalized spacial score (nSPS) is 16.7. The summed E-state index contributed by atoms with van der Waals surface area (Å²) in [4.78, 5) is 30.9. The minimum Gasteiger partial charge on any atom is -0.347 e. The second-order valence-corrected chi connectivity index (χ2v) is 7.68. The Morgan fingerprint density at radius 3 is 2.52 bits per heavy atom. The van der Waals surface area contributed by atoms with Crippen LogP contribution in [-0.4, -0.2) is 58.5 Å². The molecule has 1 amide bonds. The molecule has 2 aromatic heterocycles. The molecule has 1 aliphatic rings. The summed E-state index contributed by atoms with van der Waals surface area (Å²) in [5.41, 5.74) is 0.974. The van der Waals surface area contributed by atoms with Crippen LogP contribution in [0.15, 0.2) is 18.5 Å². The van der Waals surface area contributed by atoms with Gasteiger partial charge in [0.1, 0.15) is 0 Å². The van der Waals surface area contributed by atoms with E-state index in [1.165, 1.54) is 4.88 Å². The number of anilines is 1. The maximum atomic E-state index is 12.3. The van der Waals surface area contributed by atoms with Crippen molar-refractivity contribution in [2.45, 2.75) is 26.8 Å². The predicted molar refractivity (Wildman–Crippen MR) is 98.8 cm³/mol. The number of thiazole rings is 1. The van der Waals surface area contributed by atoms with Gasteiger partial charge in [0.15, 0.2) is 0 Å². The van der Waals surface area contributed by atoms with E-state index in [1.807, 2.05) is 26.8 Å². The zero-order chi connectivity index (χ0) is 17.8. The van der Waals surface area contributed by atoms with Crippen LogP contribution in [0.2, 0.25) is 0 Å². The lowest BCUT2D eigenvalue weighted by Crippen LogP contribution is -2.50. The number of rotatable bonds is 5. The van der Waals surface area contributed by atoms with Gasteiger partial charge in [0.05, 0.1) is 23.3 Å². The summed E-state index contributed by atoms with van der Waals surface area (Å²) < 4.78 is 0. The van der Waals surface area contributed by atoms with Gasteiger partial charge in [-0.1, -0.05) is 0 Å². The van der Waals surface area contributed by atoms with E-state index in [0.29, 0.717) is 6.54 Å². The predicted octanol–water partition coefficient (Wildman–Crippen LogP) is 1.55. The molecule has 1 aliphatic heterocycles. The van der Waals surface area contributed by atoms with Crippen molar-refractivity contribution in [1.29, 1.82) is 0 Å². The standard InChI is InChI=1S/C17H24N6OS/c1-12(16-13(2)25-14(3)21-16)20-15(24)11-22-7-9-23(10-8-22)17-18-5-4-6-19-17/h4-6,12H,7-11H2,1-3H3,(H,20,24). The molecule has 8 heteroatoms. The lowest BCUT2D eigenvalue weighted by atomic mass is 10.2. The first kappa shape index (κ1) is 17.8. The van der Waals surface area contributed by atoms with Crippen molar-refractivity contribution in [3.05, 3.63) is 34.0 Å². The summed E-state index contributed by atoms with van der Waals surface area (Å²) >= 11 is 1.67. The van der Waals surface area contributed by atoms with E-state index in [9.17, 15) is 4.79 Å². The molecule has 0 radical (unpaired) electrons. The summed E-state index contributed by atoms with van der Waals surface area (Å²) in [5.74, 6) is 0.802. The molecule has 1 N–H and O–H groups in total. The van der Waals surface area contributed by atoms with Gasteiger partial charge >= 0.3 is 0 Å². The van der Waals surface area contributed by atoms with Crippen LogP contribution in [0.5, 0.6) is 0 Å². The monoisotopic (exact) mass is 360 g/mol. The molecule has 7 nitrogen and oxygen atoms in total. The van der Waals surface area contributed by atoms with Crippen LogP contribution in [-0.2, 0) is 4.79 Å². The summed E-state index contributed by atoms with van der Waals surface area (Å²) in [6.45, 7) is 9.76. The molecule has 25 heavy (non-hydrogen) atoms. The Labute approximate surface area is 152 Å². The van der Waals surface area contributed by atoms with E-state index in [0.717, 1.165) is 42.8 Å². The summed E-state index contributed by atoms with van der Waals surface area (Å²) in [6, 6.07) is 1.76. The van der Waals surface area contributed by atoms with Gasteiger partial charge in [-0.15, -0.1) is 11.3 Å². The molecule has 2 aromatic rings. The Hall–Kier alpha value is -2.06. The number of aromatic nitrogens is 3. The highest BCUT2D eigenvalue weighted by molar-refractivity contribution is 7.11. The van der Waals surface area contributed by atoms with Crippen molar-refractivity contribution in [1.82, 2.24) is 25.2 Å². The number of amides is 1. The molecule has 1 unspecified atom stereocenters. The average Bonchev–Trinajstić information content (AvgIpc) is 2.95. The smallest absolute Gasteiger partial charge is 0.234 e. The third kappa shape index (κ3) is 4.52. The van der Waals surface area contributed by atoms with E-state index in [2.05, 4.69) is 30.1 Å². The number of carbonyl (C=O) groups is 1. The van der Waals surface area contributed by atoms with Gasteiger partial charge in [0, 0.05) is 43.4 Å². The Morgan fingerprint density at radius 1 is 1.24 bits per heavy atom. The van der Waals surface area contributed by atoms with Crippen LogP contribution >= 0.6 is 11.3 Å². The Balaban J connectivity index is 1.47. The Morgan fingerprint density at radius 2 is 1.92 bits per heavy atom. The van der Waals surface area contributed by atoms with E-state index in [4.69, 9.17) is 0 Å². The van der Waals surface area contributed by atoms with Crippen LogP contribution in [0.3, 0.4) is 0 Å². The summed E-state index contributed by atoms with van der Waals surface area (Å²) in [6.07, 6.45) is 3.51. The first-order chi connectivity index (χ1) is 12.0. The number of hydrogen-bond donors (Lipinski definition) is 1. The van der Waals surface area contributed by atoms with Crippen molar-refractivity contribution >= 4 is 23.2 Å². The third-order valence-electron chi connectivity index (χ3n) is 4.30. The molecule has 0 saturated carbocycles. The zero-order valence-electron chi connectivity index (χ0n) is 14.9. The molecule has 134 valence electrons. The molecule has 0 bridgehead atoms. The number of aryl methyl sites for hydroxylation is 2. The molecule has 0 spiro atoms. The van der Waals surface area contributed by atoms with E-state index in [1.54, 1.807) is 23.7 Å². The second kappa shape index (κ2) is 7.88. The van der Waals surface area contributed by atoms with Crippen molar-refractivity contribution in [2.24, 2.45) is 0 Å². The number of carbonyl (C=O) groups excluding carboxylic acids is 1. The number of nitrogens with zero attached hydrogens (tertiary/aromatic N) is 5. The van der Waals surface area contributed by atoms with E-state index >= 15 is 0 Å². The average molecular weight is 360 g/mol. The molecular weight excluding hydrogens is 336 g/mol. The van der Waals surface area contributed by atoms with Gasteiger partial charge in [-0.2, -0.15) is 0 Å². The fourth-order valence-electron chi connectivity index (χ4n) is 3.07. The number of piperazine rings is 1. The van der Waals surface area contributed by atoms with Crippen molar-refractivity contribution < 1.29 is 4.79 Å². The minimum absolute atomic E-state index is 0.0435. The van der Waals surface area contributed by atoms with Crippen molar-refractivity contribution in [3.63, 3.8) is 0 Å². The first-order valence-corrected chi connectivity index (χ1v) is 9.32. The maximum Gasteiger partial charge on any atom is 0.234 e. The molecule has 1 saturated heterocycles. The summed E-state index contributed by atoms with van der Waals surface area (Å²) in [5, 5.41) is 4.10. The van der Waals surface area contributed by atoms with E-state index in [-0.39, 0.29) is 11.9 Å². The fourth-order valence-corrected chi connectivity index (χ4v) is 3.98. The van der Waals surface area contributed by atoms with Crippen LogP contribution in [0.25, 0.3) is 0 Å². The van der Waals surface area contributed by atoms with Gasteiger partial charge < -0.3 is 10.2 Å². The van der Waals surface area contributed by atoms with Crippen LogP contribution in [0.1, 0.15) is 28.5 Å².